The average Bonchev–Trinajstić information content (AvgIpc) is 3.07. The summed E-state index contributed by atoms with van der Waals surface area (Å²) in [6.07, 6.45) is 1.42. The molecule has 1 heterocycles. The molecule has 3 atom stereocenters. The normalized spacial score (nSPS) is 26.4. The van der Waals surface area contributed by atoms with Crippen LogP contribution in [0, 0.1) is 11.8 Å². The number of hydrogen-bond donors (Lipinski definition) is 0. The lowest BCUT2D eigenvalue weighted by molar-refractivity contribution is -0.154. The third-order valence-corrected chi connectivity index (χ3v) is 6.06. The molecule has 1 saturated carbocycles. The highest BCUT2D eigenvalue weighted by Gasteiger charge is 2.45. The van der Waals surface area contributed by atoms with Gasteiger partial charge in [0.05, 0.1) is 31.7 Å². The van der Waals surface area contributed by atoms with Crippen molar-refractivity contribution in [3.05, 3.63) is 30.3 Å². The monoisotopic (exact) mass is 363 g/mol. The SMILES string of the molecule is CCOC(=O)[C@@H]1C[C@@H](Sc2ccccc2)C[C@H]1C(=O)N1CCOCC1. The highest BCUT2D eigenvalue weighted by Crippen LogP contribution is 2.43. The molecule has 1 aromatic carbocycles. The fourth-order valence-electron chi connectivity index (χ4n) is 3.58. The summed E-state index contributed by atoms with van der Waals surface area (Å²) >= 11 is 1.76. The van der Waals surface area contributed by atoms with Gasteiger partial charge < -0.3 is 14.4 Å². The van der Waals surface area contributed by atoms with Crippen molar-refractivity contribution in [2.24, 2.45) is 11.8 Å². The van der Waals surface area contributed by atoms with Gasteiger partial charge in [-0.25, -0.2) is 0 Å². The van der Waals surface area contributed by atoms with Crippen LogP contribution in [0.2, 0.25) is 0 Å². The van der Waals surface area contributed by atoms with Gasteiger partial charge in [0.25, 0.3) is 0 Å². The summed E-state index contributed by atoms with van der Waals surface area (Å²) in [5, 5.41) is 0.256. The highest BCUT2D eigenvalue weighted by atomic mass is 32.2. The molecule has 2 aliphatic rings. The Morgan fingerprint density at radius 1 is 1.16 bits per heavy atom. The molecule has 1 aliphatic carbocycles. The first kappa shape index (κ1) is 18.3. The van der Waals surface area contributed by atoms with Gasteiger partial charge in [-0.1, -0.05) is 18.2 Å². The molecule has 1 amide bonds. The first-order valence-electron chi connectivity index (χ1n) is 8.94. The molecule has 25 heavy (non-hydrogen) atoms. The number of rotatable bonds is 5. The number of thioether (sulfide) groups is 1. The van der Waals surface area contributed by atoms with E-state index in [1.807, 2.05) is 30.0 Å². The lowest BCUT2D eigenvalue weighted by Crippen LogP contribution is -2.45. The molecule has 5 nitrogen and oxygen atoms in total. The average molecular weight is 363 g/mol. The molecular weight excluding hydrogens is 338 g/mol. The Morgan fingerprint density at radius 3 is 2.52 bits per heavy atom. The van der Waals surface area contributed by atoms with Crippen LogP contribution in [0.5, 0.6) is 0 Å². The zero-order chi connectivity index (χ0) is 17.6. The molecule has 0 unspecified atom stereocenters. The topological polar surface area (TPSA) is 55.8 Å². The first-order chi connectivity index (χ1) is 12.2. The van der Waals surface area contributed by atoms with Crippen molar-refractivity contribution in [1.29, 1.82) is 0 Å². The zero-order valence-corrected chi connectivity index (χ0v) is 15.4. The second-order valence-electron chi connectivity index (χ2n) is 6.43. The number of carbonyl (C=O) groups is 2. The molecule has 1 saturated heterocycles. The molecule has 6 heteroatoms. The summed E-state index contributed by atoms with van der Waals surface area (Å²) in [6.45, 7) is 4.53. The quantitative estimate of drug-likeness (QED) is 0.753. The van der Waals surface area contributed by atoms with Gasteiger partial charge in [0.15, 0.2) is 0 Å². The lowest BCUT2D eigenvalue weighted by atomic mass is 9.94. The Bertz CT molecular complexity index is 588. The minimum Gasteiger partial charge on any atom is -0.466 e. The fourth-order valence-corrected chi connectivity index (χ4v) is 4.89. The molecule has 136 valence electrons. The van der Waals surface area contributed by atoms with Gasteiger partial charge in [0.2, 0.25) is 5.91 Å². The minimum atomic E-state index is -0.337. The van der Waals surface area contributed by atoms with E-state index >= 15 is 0 Å². The van der Waals surface area contributed by atoms with Crippen LogP contribution in [0.15, 0.2) is 35.2 Å². The Kier molecular flexibility index (Phi) is 6.37. The van der Waals surface area contributed by atoms with Gasteiger partial charge >= 0.3 is 5.97 Å². The zero-order valence-electron chi connectivity index (χ0n) is 14.6. The van der Waals surface area contributed by atoms with Crippen LogP contribution in [-0.2, 0) is 19.1 Å². The number of morpholine rings is 1. The minimum absolute atomic E-state index is 0.0810. The van der Waals surface area contributed by atoms with Crippen LogP contribution in [0.4, 0.5) is 0 Å². The van der Waals surface area contributed by atoms with Crippen LogP contribution in [0.3, 0.4) is 0 Å². The van der Waals surface area contributed by atoms with E-state index < -0.39 is 0 Å². The van der Waals surface area contributed by atoms with E-state index in [0.717, 1.165) is 6.42 Å². The molecule has 2 fully saturated rings. The number of esters is 1. The molecule has 3 rings (SSSR count). The number of carbonyl (C=O) groups excluding carboxylic acids is 2. The fraction of sp³-hybridized carbons (Fsp3) is 0.579. The van der Waals surface area contributed by atoms with Crippen molar-refractivity contribution in [3.8, 4) is 0 Å². The van der Waals surface area contributed by atoms with Crippen LogP contribution >= 0.6 is 11.8 Å². The summed E-state index contributed by atoms with van der Waals surface area (Å²) in [5.41, 5.74) is 0. The van der Waals surface area contributed by atoms with Crippen LogP contribution in [-0.4, -0.2) is 54.9 Å². The number of ether oxygens (including phenoxy) is 2. The summed E-state index contributed by atoms with van der Waals surface area (Å²) in [4.78, 5) is 28.4. The van der Waals surface area contributed by atoms with Crippen molar-refractivity contribution in [3.63, 3.8) is 0 Å². The highest BCUT2D eigenvalue weighted by molar-refractivity contribution is 8.00. The third kappa shape index (κ3) is 4.55. The largest absolute Gasteiger partial charge is 0.466 e. The van der Waals surface area contributed by atoms with Crippen molar-refractivity contribution < 1.29 is 19.1 Å². The van der Waals surface area contributed by atoms with Gasteiger partial charge in [0, 0.05) is 23.2 Å². The Balaban J connectivity index is 1.71. The van der Waals surface area contributed by atoms with E-state index in [1.165, 1.54) is 4.90 Å². The second kappa shape index (κ2) is 8.72. The van der Waals surface area contributed by atoms with E-state index in [2.05, 4.69) is 12.1 Å². The second-order valence-corrected chi connectivity index (χ2v) is 7.80. The Labute approximate surface area is 153 Å². The van der Waals surface area contributed by atoms with E-state index in [1.54, 1.807) is 11.8 Å². The molecule has 0 aromatic heterocycles. The van der Waals surface area contributed by atoms with Gasteiger partial charge in [-0.15, -0.1) is 11.8 Å². The predicted octanol–water partition coefficient (Wildman–Crippen LogP) is 2.60. The maximum Gasteiger partial charge on any atom is 0.309 e. The van der Waals surface area contributed by atoms with Crippen molar-refractivity contribution in [2.75, 3.05) is 32.9 Å². The maximum absolute atomic E-state index is 13.0. The summed E-state index contributed by atoms with van der Waals surface area (Å²) < 4.78 is 10.6. The molecule has 1 aliphatic heterocycles. The van der Waals surface area contributed by atoms with Gasteiger partial charge in [-0.3, -0.25) is 9.59 Å². The smallest absolute Gasteiger partial charge is 0.309 e. The molecule has 0 bridgehead atoms. The maximum atomic E-state index is 13.0. The van der Waals surface area contributed by atoms with Crippen molar-refractivity contribution in [1.82, 2.24) is 4.90 Å². The summed E-state index contributed by atoms with van der Waals surface area (Å²) in [6, 6.07) is 10.2. The number of benzene rings is 1. The summed E-state index contributed by atoms with van der Waals surface area (Å²) in [7, 11) is 0. The number of nitrogens with zero attached hydrogens (tertiary/aromatic N) is 1. The summed E-state index contributed by atoms with van der Waals surface area (Å²) in [5.74, 6) is -0.766. The van der Waals surface area contributed by atoms with Gasteiger partial charge in [-0.2, -0.15) is 0 Å². The molecular formula is C19H25NO4S. The first-order valence-corrected chi connectivity index (χ1v) is 9.82. The van der Waals surface area contributed by atoms with Gasteiger partial charge in [0.1, 0.15) is 0 Å². The van der Waals surface area contributed by atoms with Gasteiger partial charge in [-0.05, 0) is 31.9 Å². The van der Waals surface area contributed by atoms with Crippen molar-refractivity contribution in [2.45, 2.75) is 29.9 Å². The molecule has 1 aromatic rings. The number of amides is 1. The van der Waals surface area contributed by atoms with Crippen molar-refractivity contribution >= 4 is 23.6 Å². The van der Waals surface area contributed by atoms with E-state index in [-0.39, 0.29) is 29.0 Å². The van der Waals surface area contributed by atoms with E-state index in [0.29, 0.717) is 39.3 Å². The van der Waals surface area contributed by atoms with Crippen LogP contribution in [0.1, 0.15) is 19.8 Å². The Morgan fingerprint density at radius 2 is 1.84 bits per heavy atom. The van der Waals surface area contributed by atoms with E-state index in [4.69, 9.17) is 9.47 Å². The molecule has 0 N–H and O–H groups in total. The standard InChI is InChI=1S/C19H25NO4S/c1-2-24-19(22)17-13-15(25-14-6-4-3-5-7-14)12-16(17)18(21)20-8-10-23-11-9-20/h3-7,15-17H,2,8-13H2,1H3/t15-,16+,17+/m0/s1. The predicted molar refractivity (Wildman–Crippen MR) is 96.3 cm³/mol. The number of hydrogen-bond acceptors (Lipinski definition) is 5. The Hall–Kier alpha value is -1.53. The lowest BCUT2D eigenvalue weighted by Gasteiger charge is -2.30. The van der Waals surface area contributed by atoms with Crippen LogP contribution < -0.4 is 0 Å². The molecule has 0 radical (unpaired) electrons. The third-order valence-electron chi connectivity index (χ3n) is 4.79. The van der Waals surface area contributed by atoms with Crippen LogP contribution in [0.25, 0.3) is 0 Å². The van der Waals surface area contributed by atoms with E-state index in [9.17, 15) is 9.59 Å². The molecule has 0 spiro atoms.